The summed E-state index contributed by atoms with van der Waals surface area (Å²) in [7, 11) is 0. The molecular formula is C12H9BrF3NO. The van der Waals surface area contributed by atoms with Crippen molar-refractivity contribution in [3.05, 3.63) is 43.6 Å². The molecule has 0 aliphatic rings. The normalized spacial score (nSPS) is 12.1. The molecule has 0 saturated carbocycles. The predicted octanol–water partition coefficient (Wildman–Crippen LogP) is 3.93. The Morgan fingerprint density at radius 2 is 1.83 bits per heavy atom. The molecule has 0 aliphatic carbocycles. The SMILES string of the molecule is Cc1ccc2c(=O)c(C)c(C(F)(F)F)[nH]c2c1Br. The molecule has 2 aromatic rings. The van der Waals surface area contributed by atoms with Crippen molar-refractivity contribution in [2.24, 2.45) is 0 Å². The van der Waals surface area contributed by atoms with Crippen LogP contribution in [0.2, 0.25) is 0 Å². The average Bonchev–Trinajstić information content (AvgIpc) is 2.26. The lowest BCUT2D eigenvalue weighted by atomic mass is 10.1. The van der Waals surface area contributed by atoms with Gasteiger partial charge in [-0.25, -0.2) is 0 Å². The smallest absolute Gasteiger partial charge is 0.350 e. The summed E-state index contributed by atoms with van der Waals surface area (Å²) in [6.45, 7) is 2.92. The van der Waals surface area contributed by atoms with E-state index in [4.69, 9.17) is 0 Å². The maximum atomic E-state index is 12.8. The van der Waals surface area contributed by atoms with Crippen LogP contribution in [0, 0.1) is 13.8 Å². The molecule has 1 aromatic heterocycles. The van der Waals surface area contributed by atoms with Crippen LogP contribution in [0.5, 0.6) is 0 Å². The summed E-state index contributed by atoms with van der Waals surface area (Å²) in [5.41, 5.74) is -0.970. The summed E-state index contributed by atoms with van der Waals surface area (Å²) in [5.74, 6) is 0. The monoisotopic (exact) mass is 319 g/mol. The van der Waals surface area contributed by atoms with Gasteiger partial charge in [-0.1, -0.05) is 6.07 Å². The first kappa shape index (κ1) is 13.1. The number of alkyl halides is 3. The Labute approximate surface area is 109 Å². The van der Waals surface area contributed by atoms with Crippen LogP contribution in [0.15, 0.2) is 21.4 Å². The van der Waals surface area contributed by atoms with Crippen molar-refractivity contribution in [3.63, 3.8) is 0 Å². The molecule has 2 nitrogen and oxygen atoms in total. The van der Waals surface area contributed by atoms with Crippen molar-refractivity contribution < 1.29 is 13.2 Å². The number of hydrogen-bond acceptors (Lipinski definition) is 1. The van der Waals surface area contributed by atoms with Crippen LogP contribution in [-0.4, -0.2) is 4.98 Å². The lowest BCUT2D eigenvalue weighted by Crippen LogP contribution is -2.19. The zero-order valence-corrected chi connectivity index (χ0v) is 11.2. The highest BCUT2D eigenvalue weighted by atomic mass is 79.9. The second kappa shape index (κ2) is 4.12. The summed E-state index contributed by atoms with van der Waals surface area (Å²) < 4.78 is 38.9. The Bertz CT molecular complexity index is 688. The number of halogens is 4. The summed E-state index contributed by atoms with van der Waals surface area (Å²) in [4.78, 5) is 14.2. The molecule has 0 bridgehead atoms. The molecule has 6 heteroatoms. The molecule has 0 saturated heterocycles. The van der Waals surface area contributed by atoms with Crippen LogP contribution in [0.4, 0.5) is 13.2 Å². The van der Waals surface area contributed by atoms with E-state index in [9.17, 15) is 18.0 Å². The quantitative estimate of drug-likeness (QED) is 0.784. The largest absolute Gasteiger partial charge is 0.431 e. The summed E-state index contributed by atoms with van der Waals surface area (Å²) in [6.07, 6.45) is -4.57. The van der Waals surface area contributed by atoms with Gasteiger partial charge in [0.05, 0.1) is 5.52 Å². The maximum absolute atomic E-state index is 12.8. The van der Waals surface area contributed by atoms with Crippen LogP contribution in [0.1, 0.15) is 16.8 Å². The molecule has 0 atom stereocenters. The van der Waals surface area contributed by atoms with Crippen LogP contribution in [0.3, 0.4) is 0 Å². The van der Waals surface area contributed by atoms with Gasteiger partial charge < -0.3 is 4.98 Å². The van der Waals surface area contributed by atoms with Crippen molar-refractivity contribution in [2.75, 3.05) is 0 Å². The number of nitrogens with one attached hydrogen (secondary N) is 1. The molecule has 1 N–H and O–H groups in total. The van der Waals surface area contributed by atoms with Gasteiger partial charge in [0, 0.05) is 15.4 Å². The van der Waals surface area contributed by atoms with E-state index in [0.29, 0.717) is 4.47 Å². The minimum atomic E-state index is -4.57. The Hall–Kier alpha value is -1.30. The van der Waals surface area contributed by atoms with Gasteiger partial charge in [-0.2, -0.15) is 13.2 Å². The lowest BCUT2D eigenvalue weighted by molar-refractivity contribution is -0.141. The third kappa shape index (κ3) is 1.94. The Balaban J connectivity index is 2.99. The number of benzene rings is 1. The molecule has 2 rings (SSSR count). The number of rotatable bonds is 0. The molecule has 18 heavy (non-hydrogen) atoms. The lowest BCUT2D eigenvalue weighted by Gasteiger charge is -2.13. The van der Waals surface area contributed by atoms with Gasteiger partial charge in [0.2, 0.25) is 0 Å². The molecule has 96 valence electrons. The molecule has 1 aromatic carbocycles. The van der Waals surface area contributed by atoms with Gasteiger partial charge in [-0.15, -0.1) is 0 Å². The first-order valence-electron chi connectivity index (χ1n) is 5.12. The van der Waals surface area contributed by atoms with Crippen molar-refractivity contribution in [3.8, 4) is 0 Å². The summed E-state index contributed by atoms with van der Waals surface area (Å²) in [5, 5.41) is 0.248. The van der Waals surface area contributed by atoms with E-state index in [2.05, 4.69) is 20.9 Å². The number of hydrogen-bond donors (Lipinski definition) is 1. The van der Waals surface area contributed by atoms with E-state index in [1.54, 1.807) is 13.0 Å². The minimum Gasteiger partial charge on any atom is -0.350 e. The highest BCUT2D eigenvalue weighted by molar-refractivity contribution is 9.10. The van der Waals surface area contributed by atoms with E-state index in [1.165, 1.54) is 13.0 Å². The Morgan fingerprint density at radius 1 is 1.22 bits per heavy atom. The van der Waals surface area contributed by atoms with Crippen LogP contribution in [0.25, 0.3) is 10.9 Å². The Morgan fingerprint density at radius 3 is 2.39 bits per heavy atom. The number of fused-ring (bicyclic) bond motifs is 1. The second-order valence-corrected chi connectivity index (χ2v) is 4.86. The fraction of sp³-hybridized carbons (Fsp3) is 0.250. The van der Waals surface area contributed by atoms with E-state index in [1.807, 2.05) is 0 Å². The fourth-order valence-electron chi connectivity index (χ4n) is 1.81. The van der Waals surface area contributed by atoms with Crippen LogP contribution in [-0.2, 0) is 6.18 Å². The average molecular weight is 320 g/mol. The van der Waals surface area contributed by atoms with E-state index in [0.717, 1.165) is 5.56 Å². The standard InChI is InChI=1S/C12H9BrF3NO/c1-5-3-4-7-9(8(5)13)17-11(12(14,15)16)6(2)10(7)18/h3-4H,1-2H3,(H,17,18). The number of H-pyrrole nitrogens is 1. The van der Waals surface area contributed by atoms with Gasteiger partial charge in [0.25, 0.3) is 0 Å². The topological polar surface area (TPSA) is 32.9 Å². The molecule has 0 aliphatic heterocycles. The van der Waals surface area contributed by atoms with Crippen molar-refractivity contribution in [1.29, 1.82) is 0 Å². The van der Waals surface area contributed by atoms with Crippen LogP contribution >= 0.6 is 15.9 Å². The second-order valence-electron chi connectivity index (χ2n) is 4.07. The number of aromatic amines is 1. The minimum absolute atomic E-state index is 0.179. The number of pyridine rings is 1. The number of aryl methyl sites for hydroxylation is 1. The third-order valence-electron chi connectivity index (χ3n) is 2.83. The van der Waals surface area contributed by atoms with Crippen molar-refractivity contribution >= 4 is 26.8 Å². The number of aromatic nitrogens is 1. The van der Waals surface area contributed by atoms with Crippen LogP contribution < -0.4 is 5.43 Å². The highest BCUT2D eigenvalue weighted by Gasteiger charge is 2.35. The first-order valence-corrected chi connectivity index (χ1v) is 5.91. The van der Waals surface area contributed by atoms with E-state index >= 15 is 0 Å². The fourth-order valence-corrected chi connectivity index (χ4v) is 2.25. The highest BCUT2D eigenvalue weighted by Crippen LogP contribution is 2.32. The van der Waals surface area contributed by atoms with E-state index in [-0.39, 0.29) is 16.5 Å². The Kier molecular flexibility index (Phi) is 3.01. The first-order chi connectivity index (χ1) is 8.23. The molecule has 0 unspecified atom stereocenters. The van der Waals surface area contributed by atoms with Gasteiger partial charge in [0.1, 0.15) is 5.69 Å². The molecule has 1 heterocycles. The molecule has 0 fully saturated rings. The molecule has 0 spiro atoms. The molecule has 0 radical (unpaired) electrons. The van der Waals surface area contributed by atoms with E-state index < -0.39 is 17.3 Å². The molecule has 0 amide bonds. The predicted molar refractivity (Wildman–Crippen MR) is 66.7 cm³/mol. The van der Waals surface area contributed by atoms with Gasteiger partial charge in [0.15, 0.2) is 5.43 Å². The van der Waals surface area contributed by atoms with Gasteiger partial charge in [-0.3, -0.25) is 4.79 Å². The zero-order valence-electron chi connectivity index (χ0n) is 9.57. The zero-order chi connectivity index (χ0) is 13.7. The summed E-state index contributed by atoms with van der Waals surface area (Å²) in [6, 6.07) is 3.22. The van der Waals surface area contributed by atoms with Gasteiger partial charge >= 0.3 is 6.18 Å². The van der Waals surface area contributed by atoms with Crippen molar-refractivity contribution in [1.82, 2.24) is 4.98 Å². The molecular weight excluding hydrogens is 311 g/mol. The third-order valence-corrected chi connectivity index (χ3v) is 3.85. The van der Waals surface area contributed by atoms with Crippen molar-refractivity contribution in [2.45, 2.75) is 20.0 Å². The van der Waals surface area contributed by atoms with Gasteiger partial charge in [-0.05, 0) is 41.4 Å². The maximum Gasteiger partial charge on any atom is 0.431 e. The summed E-state index contributed by atoms with van der Waals surface area (Å²) >= 11 is 3.20.